The van der Waals surface area contributed by atoms with Gasteiger partial charge in [-0.1, -0.05) is 38.1 Å². The molecule has 3 amide bonds. The van der Waals surface area contributed by atoms with Gasteiger partial charge in [-0.25, -0.2) is 0 Å². The van der Waals surface area contributed by atoms with Crippen LogP contribution in [-0.2, 0) is 20.8 Å². The molecular weight excluding hydrogens is 334 g/mol. The normalized spacial score (nSPS) is 19.4. The first kappa shape index (κ1) is 19.9. The molecule has 0 bridgehead atoms. The van der Waals surface area contributed by atoms with Crippen molar-refractivity contribution in [2.75, 3.05) is 13.6 Å². The van der Waals surface area contributed by atoms with Gasteiger partial charge in [-0.2, -0.15) is 0 Å². The number of nitrogens with zero attached hydrogens (tertiary/aromatic N) is 1. The summed E-state index contributed by atoms with van der Waals surface area (Å²) in [6.45, 7) is 5.53. The zero-order chi connectivity index (χ0) is 19.4. The fraction of sp³-hybridized carbons (Fsp3) is 0.526. The third-order valence-electron chi connectivity index (χ3n) is 4.64. The Kier molecular flexibility index (Phi) is 6.37. The lowest BCUT2D eigenvalue weighted by Crippen LogP contribution is -2.51. The monoisotopic (exact) mass is 361 g/mol. The predicted molar refractivity (Wildman–Crippen MR) is 97.1 cm³/mol. The summed E-state index contributed by atoms with van der Waals surface area (Å²) >= 11 is 0. The topological polar surface area (TPSA) is 98.7 Å². The van der Waals surface area contributed by atoms with Crippen molar-refractivity contribution in [3.05, 3.63) is 35.4 Å². The van der Waals surface area contributed by atoms with Crippen LogP contribution in [0.1, 0.15) is 37.9 Å². The van der Waals surface area contributed by atoms with E-state index in [1.165, 1.54) is 6.92 Å². The van der Waals surface area contributed by atoms with Crippen molar-refractivity contribution in [1.82, 2.24) is 15.5 Å². The average molecular weight is 361 g/mol. The maximum Gasteiger partial charge on any atom is 0.249 e. The van der Waals surface area contributed by atoms with Gasteiger partial charge in [-0.15, -0.1) is 0 Å². The van der Waals surface area contributed by atoms with Crippen LogP contribution in [0.25, 0.3) is 0 Å². The molecule has 7 nitrogen and oxygen atoms in total. The summed E-state index contributed by atoms with van der Waals surface area (Å²) in [5.41, 5.74) is 1.79. The first-order chi connectivity index (χ1) is 12.2. The molecule has 0 aromatic heterocycles. The Morgan fingerprint density at radius 2 is 1.85 bits per heavy atom. The summed E-state index contributed by atoms with van der Waals surface area (Å²) in [6, 6.07) is 5.86. The first-order valence-electron chi connectivity index (χ1n) is 8.84. The van der Waals surface area contributed by atoms with E-state index >= 15 is 0 Å². The quantitative estimate of drug-likeness (QED) is 0.706. The molecule has 0 aliphatic carbocycles. The van der Waals surface area contributed by atoms with Gasteiger partial charge in [0.05, 0.1) is 0 Å². The number of carbonyl (C=O) groups is 3. The van der Waals surface area contributed by atoms with E-state index in [2.05, 4.69) is 10.6 Å². The number of aliphatic hydroxyl groups is 1. The van der Waals surface area contributed by atoms with Crippen LogP contribution in [0.4, 0.5) is 0 Å². The number of likely N-dealkylation sites (N-methyl/N-ethyl adjacent to an activating group) is 1. The molecule has 3 atom stereocenters. The number of aliphatic hydroxyl groups excluding tert-OH is 1. The van der Waals surface area contributed by atoms with E-state index in [-0.39, 0.29) is 11.8 Å². The van der Waals surface area contributed by atoms with Crippen molar-refractivity contribution in [3.63, 3.8) is 0 Å². The molecule has 3 N–H and O–H groups in total. The van der Waals surface area contributed by atoms with E-state index in [0.29, 0.717) is 6.54 Å². The van der Waals surface area contributed by atoms with Gasteiger partial charge in [0, 0.05) is 13.6 Å². The largest absolute Gasteiger partial charge is 0.383 e. The molecule has 26 heavy (non-hydrogen) atoms. The van der Waals surface area contributed by atoms with E-state index in [9.17, 15) is 19.5 Å². The Labute approximate surface area is 153 Å². The van der Waals surface area contributed by atoms with Gasteiger partial charge < -0.3 is 20.6 Å². The van der Waals surface area contributed by atoms with Gasteiger partial charge in [-0.05, 0) is 30.4 Å². The zero-order valence-electron chi connectivity index (χ0n) is 15.7. The van der Waals surface area contributed by atoms with Gasteiger partial charge in [0.1, 0.15) is 18.2 Å². The number of nitrogens with one attached hydrogen (secondary N) is 2. The number of rotatable bonds is 5. The van der Waals surface area contributed by atoms with Crippen LogP contribution >= 0.6 is 0 Å². The number of hydrogen-bond acceptors (Lipinski definition) is 4. The molecule has 142 valence electrons. The number of benzene rings is 1. The second-order valence-electron chi connectivity index (χ2n) is 7.07. The number of amides is 3. The van der Waals surface area contributed by atoms with E-state index in [4.69, 9.17) is 0 Å². The highest BCUT2D eigenvalue weighted by atomic mass is 16.3. The summed E-state index contributed by atoms with van der Waals surface area (Å²) in [6.07, 6.45) is -0.464. The minimum atomic E-state index is -1.18. The van der Waals surface area contributed by atoms with Gasteiger partial charge in [-0.3, -0.25) is 14.4 Å². The number of carbonyl (C=O) groups excluding carboxylic acids is 3. The van der Waals surface area contributed by atoms with Gasteiger partial charge in [0.15, 0.2) is 0 Å². The first-order valence-corrected chi connectivity index (χ1v) is 8.84. The Bertz CT molecular complexity index is 689. The molecule has 1 aliphatic heterocycles. The van der Waals surface area contributed by atoms with Crippen molar-refractivity contribution in [2.45, 2.75) is 45.4 Å². The van der Waals surface area contributed by atoms with Crippen LogP contribution in [0.2, 0.25) is 0 Å². The summed E-state index contributed by atoms with van der Waals surface area (Å²) in [7, 11) is 1.71. The van der Waals surface area contributed by atoms with Gasteiger partial charge >= 0.3 is 0 Å². The van der Waals surface area contributed by atoms with Crippen LogP contribution in [0.5, 0.6) is 0 Å². The van der Waals surface area contributed by atoms with Crippen molar-refractivity contribution in [2.24, 2.45) is 5.92 Å². The second-order valence-corrected chi connectivity index (χ2v) is 7.07. The smallest absolute Gasteiger partial charge is 0.249 e. The molecule has 1 aromatic carbocycles. The summed E-state index contributed by atoms with van der Waals surface area (Å²) < 4.78 is 0. The fourth-order valence-electron chi connectivity index (χ4n) is 2.87. The van der Waals surface area contributed by atoms with Crippen molar-refractivity contribution >= 4 is 17.7 Å². The van der Waals surface area contributed by atoms with Crippen LogP contribution in [0.15, 0.2) is 24.3 Å². The second kappa shape index (κ2) is 8.31. The third kappa shape index (κ3) is 4.40. The Balaban J connectivity index is 2.13. The molecule has 0 saturated heterocycles. The summed E-state index contributed by atoms with van der Waals surface area (Å²) in [5.74, 6) is -1.52. The molecule has 2 rings (SSSR count). The minimum Gasteiger partial charge on any atom is -0.383 e. The minimum absolute atomic E-state index is 0.191. The van der Waals surface area contributed by atoms with E-state index in [1.54, 1.807) is 25.8 Å². The molecule has 1 heterocycles. The maximum atomic E-state index is 12.7. The molecule has 0 spiro atoms. The number of hydrogen-bond donors (Lipinski definition) is 3. The molecule has 1 aromatic rings. The Morgan fingerprint density at radius 1 is 1.19 bits per heavy atom. The highest BCUT2D eigenvalue weighted by Crippen LogP contribution is 2.24. The van der Waals surface area contributed by atoms with Crippen molar-refractivity contribution in [3.8, 4) is 0 Å². The van der Waals surface area contributed by atoms with Crippen molar-refractivity contribution < 1.29 is 19.5 Å². The lowest BCUT2D eigenvalue weighted by molar-refractivity contribution is -0.137. The van der Waals surface area contributed by atoms with Crippen LogP contribution in [0, 0.1) is 5.92 Å². The molecule has 0 saturated carbocycles. The Hall–Kier alpha value is -2.41. The average Bonchev–Trinajstić information content (AvgIpc) is 2.73. The van der Waals surface area contributed by atoms with Gasteiger partial charge in [0.2, 0.25) is 17.7 Å². The SMILES string of the molecule is CC(C)C(O)C(=O)N[C@@H](C)C(=O)NC1C(=O)N(C)CCc2ccccc21. The van der Waals surface area contributed by atoms with Gasteiger partial charge in [0.25, 0.3) is 0 Å². The molecule has 0 fully saturated rings. The third-order valence-corrected chi connectivity index (χ3v) is 4.64. The van der Waals surface area contributed by atoms with Crippen LogP contribution in [0.3, 0.4) is 0 Å². The highest BCUT2D eigenvalue weighted by Gasteiger charge is 2.32. The maximum absolute atomic E-state index is 12.7. The molecule has 7 heteroatoms. The lowest BCUT2D eigenvalue weighted by atomic mass is 9.99. The highest BCUT2D eigenvalue weighted by molar-refractivity contribution is 5.93. The van der Waals surface area contributed by atoms with Crippen LogP contribution < -0.4 is 10.6 Å². The van der Waals surface area contributed by atoms with Crippen LogP contribution in [-0.4, -0.2) is 53.5 Å². The molecule has 2 unspecified atom stereocenters. The zero-order valence-corrected chi connectivity index (χ0v) is 15.7. The standard InChI is InChI=1S/C19H27N3O4/c1-11(2)16(23)18(25)20-12(3)17(24)21-15-14-8-6-5-7-13(14)9-10-22(4)19(15)26/h5-8,11-12,15-16,23H,9-10H2,1-4H3,(H,20,25)(H,21,24)/t12-,15?,16?/m0/s1. The van der Waals surface area contributed by atoms with Crippen molar-refractivity contribution in [1.29, 1.82) is 0 Å². The van der Waals surface area contributed by atoms with E-state index in [1.807, 2.05) is 24.3 Å². The molecule has 1 aliphatic rings. The predicted octanol–water partition coefficient (Wildman–Crippen LogP) is 0.380. The molecular formula is C19H27N3O4. The Morgan fingerprint density at radius 3 is 2.50 bits per heavy atom. The van der Waals surface area contributed by atoms with E-state index < -0.39 is 30.0 Å². The summed E-state index contributed by atoms with van der Waals surface area (Å²) in [5, 5.41) is 15.0. The van der Waals surface area contributed by atoms with E-state index in [0.717, 1.165) is 17.5 Å². The lowest BCUT2D eigenvalue weighted by Gasteiger charge is -2.24. The number of fused-ring (bicyclic) bond motifs is 1. The fourth-order valence-corrected chi connectivity index (χ4v) is 2.87. The summed E-state index contributed by atoms with van der Waals surface area (Å²) in [4.78, 5) is 38.7. The molecule has 0 radical (unpaired) electrons.